The van der Waals surface area contributed by atoms with Crippen molar-refractivity contribution in [1.29, 1.82) is 0 Å². The number of halogens is 2. The first-order valence-electron chi connectivity index (χ1n) is 6.87. The summed E-state index contributed by atoms with van der Waals surface area (Å²) in [4.78, 5) is 0. The third-order valence-electron chi connectivity index (χ3n) is 2.94. The van der Waals surface area contributed by atoms with Crippen molar-refractivity contribution in [3.63, 3.8) is 0 Å². The lowest BCUT2D eigenvalue weighted by molar-refractivity contribution is 0.110. The van der Waals surface area contributed by atoms with E-state index in [1.165, 1.54) is 12.1 Å². The molecule has 4 heteroatoms. The molecule has 0 aliphatic carbocycles. The van der Waals surface area contributed by atoms with Crippen LogP contribution in [0.3, 0.4) is 0 Å². The highest BCUT2D eigenvalue weighted by molar-refractivity contribution is 5.29. The molecular weight excluding hydrogens is 248 g/mol. The average molecular weight is 271 g/mol. The molecule has 0 amide bonds. The summed E-state index contributed by atoms with van der Waals surface area (Å²) < 4.78 is 33.4. The molecule has 0 saturated heterocycles. The van der Waals surface area contributed by atoms with E-state index in [0.717, 1.165) is 12.8 Å². The Morgan fingerprint density at radius 3 is 2.58 bits per heavy atom. The van der Waals surface area contributed by atoms with E-state index in [1.807, 2.05) is 13.8 Å². The van der Waals surface area contributed by atoms with Crippen molar-refractivity contribution in [3.8, 4) is 0 Å². The molecule has 108 valence electrons. The number of hydrogen-bond donors (Lipinski definition) is 1. The molecule has 0 bridgehead atoms. The largest absolute Gasteiger partial charge is 0.379 e. The number of nitrogens with one attached hydrogen (secondary N) is 1. The summed E-state index contributed by atoms with van der Waals surface area (Å²) in [5.74, 6) is -0.995. The molecule has 1 atom stereocenters. The van der Waals surface area contributed by atoms with Gasteiger partial charge in [-0.2, -0.15) is 0 Å². The molecule has 1 aromatic carbocycles. The van der Waals surface area contributed by atoms with Crippen LogP contribution in [0.5, 0.6) is 0 Å². The van der Waals surface area contributed by atoms with E-state index in [-0.39, 0.29) is 12.2 Å². The average Bonchev–Trinajstić information content (AvgIpc) is 2.40. The summed E-state index contributed by atoms with van der Waals surface area (Å²) in [6, 6.07) is 2.33. The molecule has 0 aliphatic rings. The van der Waals surface area contributed by atoms with Crippen LogP contribution in [0.2, 0.25) is 0 Å². The van der Waals surface area contributed by atoms with Crippen molar-refractivity contribution in [2.45, 2.75) is 39.7 Å². The van der Waals surface area contributed by atoms with Crippen LogP contribution in [0, 0.1) is 18.6 Å². The van der Waals surface area contributed by atoms with Gasteiger partial charge >= 0.3 is 0 Å². The molecule has 1 unspecified atom stereocenters. The summed E-state index contributed by atoms with van der Waals surface area (Å²) in [6.07, 6.45) is 1.79. The van der Waals surface area contributed by atoms with E-state index >= 15 is 0 Å². The van der Waals surface area contributed by atoms with Crippen LogP contribution in [0.25, 0.3) is 0 Å². The summed E-state index contributed by atoms with van der Waals surface area (Å²) in [5.41, 5.74) is 0.541. The van der Waals surface area contributed by atoms with E-state index in [0.29, 0.717) is 18.7 Å². The Morgan fingerprint density at radius 2 is 1.95 bits per heavy atom. The predicted octanol–water partition coefficient (Wildman–Crippen LogP) is 3.74. The number of hydrogen-bond acceptors (Lipinski definition) is 2. The Morgan fingerprint density at radius 1 is 1.21 bits per heavy atom. The van der Waals surface area contributed by atoms with E-state index in [2.05, 4.69) is 5.32 Å². The molecule has 2 nitrogen and oxygen atoms in total. The van der Waals surface area contributed by atoms with E-state index in [1.54, 1.807) is 6.92 Å². The van der Waals surface area contributed by atoms with Gasteiger partial charge in [0.15, 0.2) is 0 Å². The van der Waals surface area contributed by atoms with Crippen LogP contribution in [-0.2, 0) is 4.74 Å². The maximum Gasteiger partial charge on any atom is 0.133 e. The van der Waals surface area contributed by atoms with Crippen LogP contribution in [0.4, 0.5) is 8.78 Å². The molecule has 0 aromatic heterocycles. The van der Waals surface area contributed by atoms with Gasteiger partial charge in [-0.1, -0.05) is 19.9 Å². The quantitative estimate of drug-likeness (QED) is 0.727. The zero-order chi connectivity index (χ0) is 14.3. The monoisotopic (exact) mass is 271 g/mol. The van der Waals surface area contributed by atoms with E-state index < -0.39 is 17.7 Å². The topological polar surface area (TPSA) is 21.3 Å². The Bertz CT molecular complexity index is 396. The van der Waals surface area contributed by atoms with Gasteiger partial charge in [-0.05, 0) is 37.9 Å². The van der Waals surface area contributed by atoms with Gasteiger partial charge in [0.2, 0.25) is 0 Å². The SMILES string of the molecule is CCCNC(COCCC)c1c(F)ccc(C)c1F. The molecule has 1 aromatic rings. The molecule has 1 N–H and O–H groups in total. The third kappa shape index (κ3) is 4.55. The first kappa shape index (κ1) is 16.1. The van der Waals surface area contributed by atoms with Crippen molar-refractivity contribution in [2.24, 2.45) is 0 Å². The lowest BCUT2D eigenvalue weighted by Crippen LogP contribution is -2.28. The fourth-order valence-electron chi connectivity index (χ4n) is 1.91. The second kappa shape index (κ2) is 8.23. The van der Waals surface area contributed by atoms with Gasteiger partial charge in [0.05, 0.1) is 12.6 Å². The Balaban J connectivity index is 2.92. The van der Waals surface area contributed by atoms with Gasteiger partial charge in [-0.3, -0.25) is 0 Å². The molecule has 1 rings (SSSR count). The van der Waals surface area contributed by atoms with Crippen LogP contribution in [-0.4, -0.2) is 19.8 Å². The Labute approximate surface area is 114 Å². The molecule has 0 aliphatic heterocycles. The van der Waals surface area contributed by atoms with Gasteiger partial charge in [-0.25, -0.2) is 8.78 Å². The first-order valence-corrected chi connectivity index (χ1v) is 6.87. The van der Waals surface area contributed by atoms with Crippen LogP contribution < -0.4 is 5.32 Å². The number of ether oxygens (including phenoxy) is 1. The highest BCUT2D eigenvalue weighted by atomic mass is 19.1. The van der Waals surface area contributed by atoms with E-state index in [4.69, 9.17) is 4.74 Å². The lowest BCUT2D eigenvalue weighted by atomic mass is 10.0. The molecule has 0 saturated carbocycles. The zero-order valence-electron chi connectivity index (χ0n) is 11.9. The van der Waals surface area contributed by atoms with Gasteiger partial charge < -0.3 is 10.1 Å². The van der Waals surface area contributed by atoms with Crippen LogP contribution in [0.1, 0.15) is 43.9 Å². The van der Waals surface area contributed by atoms with Crippen molar-refractivity contribution < 1.29 is 13.5 Å². The lowest BCUT2D eigenvalue weighted by Gasteiger charge is -2.21. The van der Waals surface area contributed by atoms with Gasteiger partial charge in [-0.15, -0.1) is 0 Å². The minimum absolute atomic E-state index is 0.0875. The maximum absolute atomic E-state index is 14.1. The highest BCUT2D eigenvalue weighted by Crippen LogP contribution is 2.23. The van der Waals surface area contributed by atoms with Gasteiger partial charge in [0, 0.05) is 12.2 Å². The van der Waals surface area contributed by atoms with E-state index in [9.17, 15) is 8.78 Å². The Hall–Kier alpha value is -1.00. The predicted molar refractivity (Wildman–Crippen MR) is 73.2 cm³/mol. The van der Waals surface area contributed by atoms with Crippen molar-refractivity contribution >= 4 is 0 Å². The van der Waals surface area contributed by atoms with Gasteiger partial charge in [0.25, 0.3) is 0 Å². The summed E-state index contributed by atoms with van der Waals surface area (Å²) in [6.45, 7) is 7.24. The van der Waals surface area contributed by atoms with Crippen LogP contribution in [0.15, 0.2) is 12.1 Å². The standard InChI is InChI=1S/C15H23F2NO/c1-4-8-18-13(10-19-9-5-2)14-12(16)7-6-11(3)15(14)17/h6-7,13,18H,4-5,8-10H2,1-3H3. The fraction of sp³-hybridized carbons (Fsp3) is 0.600. The smallest absolute Gasteiger partial charge is 0.133 e. The molecule has 0 spiro atoms. The Kier molecular flexibility index (Phi) is 6.95. The summed E-state index contributed by atoms with van der Waals surface area (Å²) in [5, 5.41) is 3.15. The van der Waals surface area contributed by atoms with Crippen molar-refractivity contribution in [2.75, 3.05) is 19.8 Å². The number of aryl methyl sites for hydroxylation is 1. The molecular formula is C15H23F2NO. The van der Waals surface area contributed by atoms with Gasteiger partial charge in [0.1, 0.15) is 11.6 Å². The normalized spacial score (nSPS) is 12.7. The number of benzene rings is 1. The third-order valence-corrected chi connectivity index (χ3v) is 2.94. The summed E-state index contributed by atoms with van der Waals surface area (Å²) in [7, 11) is 0. The molecule has 19 heavy (non-hydrogen) atoms. The second-order valence-corrected chi connectivity index (χ2v) is 4.67. The number of rotatable bonds is 8. The minimum Gasteiger partial charge on any atom is -0.379 e. The fourth-order valence-corrected chi connectivity index (χ4v) is 1.91. The molecule has 0 heterocycles. The van der Waals surface area contributed by atoms with Crippen LogP contribution >= 0.6 is 0 Å². The van der Waals surface area contributed by atoms with Crippen molar-refractivity contribution in [3.05, 3.63) is 34.9 Å². The molecule has 0 fully saturated rings. The molecule has 0 radical (unpaired) electrons. The minimum atomic E-state index is -0.517. The maximum atomic E-state index is 14.1. The summed E-state index contributed by atoms with van der Waals surface area (Å²) >= 11 is 0. The highest BCUT2D eigenvalue weighted by Gasteiger charge is 2.21. The second-order valence-electron chi connectivity index (χ2n) is 4.67. The zero-order valence-corrected chi connectivity index (χ0v) is 11.9. The van der Waals surface area contributed by atoms with Crippen molar-refractivity contribution in [1.82, 2.24) is 5.32 Å². The first-order chi connectivity index (χ1) is 9.11.